The highest BCUT2D eigenvalue weighted by atomic mass is 16.5. The van der Waals surface area contributed by atoms with Crippen LogP contribution in [0.25, 0.3) is 0 Å². The average Bonchev–Trinajstić information content (AvgIpc) is 2.36. The van der Waals surface area contributed by atoms with Gasteiger partial charge in [-0.05, 0) is 37.1 Å². The van der Waals surface area contributed by atoms with Crippen molar-refractivity contribution >= 4 is 17.6 Å². The molecule has 0 aliphatic rings. The molecule has 5 nitrogen and oxygen atoms in total. The van der Waals surface area contributed by atoms with Crippen LogP contribution in [0.5, 0.6) is 0 Å². The van der Waals surface area contributed by atoms with Gasteiger partial charge in [-0.25, -0.2) is 4.79 Å². The maximum absolute atomic E-state index is 11.5. The van der Waals surface area contributed by atoms with Crippen molar-refractivity contribution in [1.29, 1.82) is 0 Å². The van der Waals surface area contributed by atoms with Crippen LogP contribution in [0.2, 0.25) is 0 Å². The Labute approximate surface area is 106 Å². The Balaban J connectivity index is 2.82. The van der Waals surface area contributed by atoms with Gasteiger partial charge in [0.2, 0.25) is 0 Å². The largest absolute Gasteiger partial charge is 0.466 e. The van der Waals surface area contributed by atoms with Crippen molar-refractivity contribution in [2.75, 3.05) is 19.5 Å². The molecule has 2 N–H and O–H groups in total. The molecular weight excluding hydrogens is 234 g/mol. The summed E-state index contributed by atoms with van der Waals surface area (Å²) in [6.07, 6.45) is 0.607. The standard InChI is InChI=1S/C13H17NO4/c1-3-18-12(15)7-4-9-8-10(14)5-6-11(9)13(16)17-2/h5-6,8H,3-4,7,14H2,1-2H3. The van der Waals surface area contributed by atoms with Crippen molar-refractivity contribution in [2.45, 2.75) is 19.8 Å². The normalized spacial score (nSPS) is 9.89. The molecular formula is C13H17NO4. The molecule has 0 aromatic heterocycles. The summed E-state index contributed by atoms with van der Waals surface area (Å²) in [7, 11) is 1.31. The van der Waals surface area contributed by atoms with Crippen molar-refractivity contribution in [3.8, 4) is 0 Å². The van der Waals surface area contributed by atoms with Crippen LogP contribution in [-0.2, 0) is 20.7 Å². The molecule has 18 heavy (non-hydrogen) atoms. The molecule has 1 aromatic rings. The van der Waals surface area contributed by atoms with Crippen LogP contribution in [0, 0.1) is 0 Å². The van der Waals surface area contributed by atoms with Crippen LogP contribution in [0.1, 0.15) is 29.3 Å². The van der Waals surface area contributed by atoms with Gasteiger partial charge in [0.25, 0.3) is 0 Å². The van der Waals surface area contributed by atoms with Crippen LogP contribution in [0.3, 0.4) is 0 Å². The second-order valence-corrected chi connectivity index (χ2v) is 3.71. The highest BCUT2D eigenvalue weighted by Gasteiger charge is 2.13. The van der Waals surface area contributed by atoms with Gasteiger partial charge in [0.05, 0.1) is 19.3 Å². The molecule has 1 rings (SSSR count). The van der Waals surface area contributed by atoms with E-state index in [-0.39, 0.29) is 12.4 Å². The van der Waals surface area contributed by atoms with Crippen molar-refractivity contribution < 1.29 is 19.1 Å². The van der Waals surface area contributed by atoms with E-state index in [1.54, 1.807) is 25.1 Å². The predicted octanol–water partition coefficient (Wildman–Crippen LogP) is 1.55. The van der Waals surface area contributed by atoms with Gasteiger partial charge in [0, 0.05) is 12.1 Å². The number of hydrogen-bond acceptors (Lipinski definition) is 5. The Morgan fingerprint density at radius 1 is 1.33 bits per heavy atom. The van der Waals surface area contributed by atoms with Gasteiger partial charge in [-0.15, -0.1) is 0 Å². The van der Waals surface area contributed by atoms with E-state index in [9.17, 15) is 9.59 Å². The third kappa shape index (κ3) is 3.76. The van der Waals surface area contributed by atoms with Crippen LogP contribution >= 0.6 is 0 Å². The lowest BCUT2D eigenvalue weighted by Gasteiger charge is -2.08. The zero-order valence-corrected chi connectivity index (χ0v) is 10.6. The van der Waals surface area contributed by atoms with E-state index in [0.717, 1.165) is 0 Å². The van der Waals surface area contributed by atoms with Gasteiger partial charge < -0.3 is 15.2 Å². The molecule has 5 heteroatoms. The Morgan fingerprint density at radius 2 is 2.06 bits per heavy atom. The smallest absolute Gasteiger partial charge is 0.338 e. The van der Waals surface area contributed by atoms with Crippen molar-refractivity contribution in [1.82, 2.24) is 0 Å². The predicted molar refractivity (Wildman–Crippen MR) is 67.1 cm³/mol. The Bertz CT molecular complexity index is 443. The van der Waals surface area contributed by atoms with E-state index in [4.69, 9.17) is 10.5 Å². The van der Waals surface area contributed by atoms with Gasteiger partial charge >= 0.3 is 11.9 Å². The first kappa shape index (κ1) is 14.0. The number of benzene rings is 1. The molecule has 0 radical (unpaired) electrons. The van der Waals surface area contributed by atoms with Gasteiger partial charge in [-0.1, -0.05) is 0 Å². The van der Waals surface area contributed by atoms with E-state index < -0.39 is 5.97 Å². The van der Waals surface area contributed by atoms with E-state index in [1.165, 1.54) is 7.11 Å². The number of hydrogen-bond donors (Lipinski definition) is 1. The fraction of sp³-hybridized carbons (Fsp3) is 0.385. The number of methoxy groups -OCH3 is 1. The van der Waals surface area contributed by atoms with Crippen LogP contribution in [-0.4, -0.2) is 25.7 Å². The molecule has 0 heterocycles. The van der Waals surface area contributed by atoms with E-state index in [0.29, 0.717) is 29.8 Å². The van der Waals surface area contributed by atoms with Crippen molar-refractivity contribution in [3.63, 3.8) is 0 Å². The highest BCUT2D eigenvalue weighted by molar-refractivity contribution is 5.91. The summed E-state index contributed by atoms with van der Waals surface area (Å²) in [6, 6.07) is 4.90. The maximum atomic E-state index is 11.5. The fourth-order valence-corrected chi connectivity index (χ4v) is 1.60. The molecule has 0 aliphatic carbocycles. The van der Waals surface area contributed by atoms with Gasteiger partial charge in [0.15, 0.2) is 0 Å². The quantitative estimate of drug-likeness (QED) is 0.634. The number of ether oxygens (including phenoxy) is 2. The second kappa shape index (κ2) is 6.64. The lowest BCUT2D eigenvalue weighted by atomic mass is 10.0. The minimum absolute atomic E-state index is 0.210. The molecule has 0 amide bonds. The molecule has 0 fully saturated rings. The summed E-state index contributed by atoms with van der Waals surface area (Å²) < 4.78 is 9.51. The van der Waals surface area contributed by atoms with E-state index in [2.05, 4.69) is 4.74 Å². The van der Waals surface area contributed by atoms with Crippen LogP contribution in [0.4, 0.5) is 5.69 Å². The lowest BCUT2D eigenvalue weighted by Crippen LogP contribution is -2.10. The first-order chi connectivity index (χ1) is 8.58. The zero-order valence-electron chi connectivity index (χ0n) is 10.6. The number of nitrogen functional groups attached to an aromatic ring is 1. The zero-order chi connectivity index (χ0) is 13.5. The summed E-state index contributed by atoms with van der Waals surface area (Å²) >= 11 is 0. The van der Waals surface area contributed by atoms with Gasteiger partial charge in [0.1, 0.15) is 0 Å². The maximum Gasteiger partial charge on any atom is 0.338 e. The summed E-state index contributed by atoms with van der Waals surface area (Å²) in [6.45, 7) is 2.10. The Hall–Kier alpha value is -2.04. The fourth-order valence-electron chi connectivity index (χ4n) is 1.60. The number of rotatable bonds is 5. The molecule has 0 spiro atoms. The minimum Gasteiger partial charge on any atom is -0.466 e. The van der Waals surface area contributed by atoms with Gasteiger partial charge in [-0.2, -0.15) is 0 Å². The van der Waals surface area contributed by atoms with Crippen molar-refractivity contribution in [3.05, 3.63) is 29.3 Å². The molecule has 0 aliphatic heterocycles. The molecule has 0 atom stereocenters. The lowest BCUT2D eigenvalue weighted by molar-refractivity contribution is -0.143. The number of carbonyl (C=O) groups is 2. The highest BCUT2D eigenvalue weighted by Crippen LogP contribution is 2.16. The number of aryl methyl sites for hydroxylation is 1. The van der Waals surface area contributed by atoms with Crippen LogP contribution in [0.15, 0.2) is 18.2 Å². The third-order valence-electron chi connectivity index (χ3n) is 2.44. The molecule has 0 bridgehead atoms. The molecule has 1 aromatic carbocycles. The molecule has 0 saturated carbocycles. The first-order valence-electron chi connectivity index (χ1n) is 5.70. The Morgan fingerprint density at radius 3 is 2.67 bits per heavy atom. The number of nitrogens with two attached hydrogens (primary N) is 1. The third-order valence-corrected chi connectivity index (χ3v) is 2.44. The summed E-state index contributed by atoms with van der Waals surface area (Å²) in [5, 5.41) is 0. The minimum atomic E-state index is -0.436. The number of esters is 2. The molecule has 0 unspecified atom stereocenters. The molecule has 98 valence electrons. The first-order valence-corrected chi connectivity index (χ1v) is 5.70. The molecule has 0 saturated heterocycles. The van der Waals surface area contributed by atoms with Gasteiger partial charge in [-0.3, -0.25) is 4.79 Å². The number of carbonyl (C=O) groups excluding carboxylic acids is 2. The van der Waals surface area contributed by atoms with E-state index >= 15 is 0 Å². The van der Waals surface area contributed by atoms with Crippen LogP contribution < -0.4 is 5.73 Å². The summed E-state index contributed by atoms with van der Waals surface area (Å²) in [4.78, 5) is 22.8. The Kier molecular flexibility index (Phi) is 5.17. The average molecular weight is 251 g/mol. The monoisotopic (exact) mass is 251 g/mol. The summed E-state index contributed by atoms with van der Waals surface area (Å²) in [5.41, 5.74) is 7.33. The van der Waals surface area contributed by atoms with E-state index in [1.807, 2.05) is 0 Å². The number of anilines is 1. The topological polar surface area (TPSA) is 78.6 Å². The summed E-state index contributed by atoms with van der Waals surface area (Å²) in [5.74, 6) is -0.732. The second-order valence-electron chi connectivity index (χ2n) is 3.71. The van der Waals surface area contributed by atoms with Crippen molar-refractivity contribution in [2.24, 2.45) is 0 Å². The SMILES string of the molecule is CCOC(=O)CCc1cc(N)ccc1C(=O)OC.